The molecule has 0 aromatic heterocycles. The number of hydrogen-bond acceptors (Lipinski definition) is 6. The van der Waals surface area contributed by atoms with E-state index in [1.165, 1.54) is 0 Å². The molecule has 2 aliphatic rings. The van der Waals surface area contributed by atoms with Gasteiger partial charge in [0, 0.05) is 35.0 Å². The molecule has 38 heavy (non-hydrogen) atoms. The molecule has 2 saturated heterocycles. The third-order valence-electron chi connectivity index (χ3n) is 9.76. The highest BCUT2D eigenvalue weighted by atomic mass is 16.5. The zero-order valence-electron chi connectivity index (χ0n) is 26.6. The minimum Gasteiger partial charge on any atom is -0.465 e. The largest absolute Gasteiger partial charge is 0.465 e. The average Bonchev–Trinajstić information content (AvgIpc) is 2.79. The number of ether oxygens (including phenoxy) is 2. The van der Waals surface area contributed by atoms with Gasteiger partial charge >= 0.3 is 11.9 Å². The van der Waals surface area contributed by atoms with E-state index in [-0.39, 0.29) is 34.1 Å². The fourth-order valence-electron chi connectivity index (χ4n) is 7.20. The summed E-state index contributed by atoms with van der Waals surface area (Å²) in [6.07, 6.45) is 11.3. The molecule has 222 valence electrons. The van der Waals surface area contributed by atoms with Gasteiger partial charge in [0.15, 0.2) is 0 Å². The number of esters is 2. The summed E-state index contributed by atoms with van der Waals surface area (Å²) in [5.41, 5.74) is 0.487. The minimum atomic E-state index is -0.0568. The lowest BCUT2D eigenvalue weighted by Gasteiger charge is -2.53. The molecule has 0 saturated carbocycles. The SMILES string of the molecule is CN1C(C)(C)CC(COC(=O)CCCCCCCCC(=O)OCC2CC(C)(C)N(C)C(C)(C)C2)CC1(C)C. The molecule has 2 fully saturated rings. The van der Waals surface area contributed by atoms with Crippen LogP contribution in [0.25, 0.3) is 0 Å². The van der Waals surface area contributed by atoms with E-state index >= 15 is 0 Å². The van der Waals surface area contributed by atoms with Crippen LogP contribution in [0, 0.1) is 11.8 Å². The van der Waals surface area contributed by atoms with Crippen molar-refractivity contribution in [2.24, 2.45) is 11.8 Å². The van der Waals surface area contributed by atoms with E-state index in [4.69, 9.17) is 9.47 Å². The average molecular weight is 537 g/mol. The van der Waals surface area contributed by atoms with E-state index in [2.05, 4.69) is 79.3 Å². The zero-order valence-corrected chi connectivity index (χ0v) is 26.6. The summed E-state index contributed by atoms with van der Waals surface area (Å²) >= 11 is 0. The molecular formula is C32H60N2O4. The number of hydrogen-bond donors (Lipinski definition) is 0. The Labute approximate surface area is 234 Å². The maximum Gasteiger partial charge on any atom is 0.305 e. The highest BCUT2D eigenvalue weighted by molar-refractivity contribution is 5.69. The first kappa shape index (κ1) is 33.1. The van der Waals surface area contributed by atoms with Crippen LogP contribution in [0.15, 0.2) is 0 Å². The van der Waals surface area contributed by atoms with Gasteiger partial charge in [-0.15, -0.1) is 0 Å². The third-order valence-corrected chi connectivity index (χ3v) is 9.76. The Morgan fingerprint density at radius 1 is 0.553 bits per heavy atom. The van der Waals surface area contributed by atoms with Crippen LogP contribution in [0.2, 0.25) is 0 Å². The topological polar surface area (TPSA) is 59.1 Å². The molecule has 2 heterocycles. The van der Waals surface area contributed by atoms with Crippen molar-refractivity contribution in [1.29, 1.82) is 0 Å². The number of unbranched alkanes of at least 4 members (excludes halogenated alkanes) is 5. The maximum absolute atomic E-state index is 12.3. The first-order valence-corrected chi connectivity index (χ1v) is 15.3. The summed E-state index contributed by atoms with van der Waals surface area (Å²) in [6.45, 7) is 19.3. The lowest BCUT2D eigenvalue weighted by Crippen LogP contribution is -2.59. The number of rotatable bonds is 13. The Bertz CT molecular complexity index is 673. The van der Waals surface area contributed by atoms with E-state index in [1.807, 2.05) is 0 Å². The van der Waals surface area contributed by atoms with Crippen molar-refractivity contribution in [2.45, 2.75) is 155 Å². The predicted octanol–water partition coefficient (Wildman–Crippen LogP) is 6.99. The van der Waals surface area contributed by atoms with E-state index in [0.717, 1.165) is 64.2 Å². The molecule has 6 heteroatoms. The molecule has 0 N–H and O–H groups in total. The smallest absolute Gasteiger partial charge is 0.305 e. The van der Waals surface area contributed by atoms with Crippen molar-refractivity contribution >= 4 is 11.9 Å². The fraction of sp³-hybridized carbons (Fsp3) is 0.938. The lowest BCUT2D eigenvalue weighted by molar-refractivity contribution is -0.148. The van der Waals surface area contributed by atoms with Crippen LogP contribution in [0.3, 0.4) is 0 Å². The van der Waals surface area contributed by atoms with Crippen LogP contribution in [0.4, 0.5) is 0 Å². The minimum absolute atomic E-state index is 0.0568. The summed E-state index contributed by atoms with van der Waals surface area (Å²) in [5, 5.41) is 0. The second-order valence-electron chi connectivity index (χ2n) is 14.9. The monoisotopic (exact) mass is 536 g/mol. The number of carbonyl (C=O) groups is 2. The first-order valence-electron chi connectivity index (χ1n) is 15.3. The molecule has 0 bridgehead atoms. The van der Waals surface area contributed by atoms with Gasteiger partial charge in [0.1, 0.15) is 0 Å². The summed E-state index contributed by atoms with van der Waals surface area (Å²) < 4.78 is 11.3. The molecule has 0 unspecified atom stereocenters. The maximum atomic E-state index is 12.3. The third kappa shape index (κ3) is 9.80. The van der Waals surface area contributed by atoms with Crippen LogP contribution in [0.5, 0.6) is 0 Å². The van der Waals surface area contributed by atoms with E-state index in [1.54, 1.807) is 0 Å². The molecule has 0 amide bonds. The number of carbonyl (C=O) groups excluding carboxylic acids is 2. The van der Waals surface area contributed by atoms with Crippen LogP contribution < -0.4 is 0 Å². The molecule has 0 aromatic rings. The van der Waals surface area contributed by atoms with E-state index < -0.39 is 0 Å². The van der Waals surface area contributed by atoms with Gasteiger partial charge in [-0.25, -0.2) is 0 Å². The number of nitrogens with zero attached hydrogens (tertiary/aromatic N) is 2. The second-order valence-corrected chi connectivity index (χ2v) is 14.9. The van der Waals surface area contributed by atoms with Gasteiger partial charge in [0.05, 0.1) is 13.2 Å². The Morgan fingerprint density at radius 3 is 1.11 bits per heavy atom. The predicted molar refractivity (Wildman–Crippen MR) is 156 cm³/mol. The Hall–Kier alpha value is -1.14. The van der Waals surface area contributed by atoms with E-state index in [9.17, 15) is 9.59 Å². The standard InChI is InChI=1S/C32H60N2O4/c1-29(2)19-25(20-30(3,4)33(29)9)23-37-27(35)17-15-13-11-12-14-16-18-28(36)38-24-26-21-31(5,6)34(10)32(7,8)22-26/h25-26H,11-24H2,1-10H3. The van der Waals surface area contributed by atoms with Gasteiger partial charge in [0.2, 0.25) is 0 Å². The van der Waals surface area contributed by atoms with Crippen LogP contribution >= 0.6 is 0 Å². The molecule has 0 atom stereocenters. The van der Waals surface area contributed by atoms with Gasteiger partial charge in [0.25, 0.3) is 0 Å². The van der Waals surface area contributed by atoms with Gasteiger partial charge < -0.3 is 9.47 Å². The molecular weight excluding hydrogens is 476 g/mol. The second kappa shape index (κ2) is 13.5. The summed E-state index contributed by atoms with van der Waals surface area (Å²) in [6, 6.07) is 0. The quantitative estimate of drug-likeness (QED) is 0.187. The van der Waals surface area contributed by atoms with Crippen molar-refractivity contribution in [1.82, 2.24) is 9.80 Å². The van der Waals surface area contributed by atoms with Crippen LogP contribution in [0.1, 0.15) is 132 Å². The first-order chi connectivity index (χ1) is 17.5. The highest BCUT2D eigenvalue weighted by Crippen LogP contribution is 2.41. The zero-order chi connectivity index (χ0) is 28.8. The fourth-order valence-corrected chi connectivity index (χ4v) is 7.20. The molecule has 2 aliphatic heterocycles. The van der Waals surface area contributed by atoms with Crippen molar-refractivity contribution < 1.29 is 19.1 Å². The lowest BCUT2D eigenvalue weighted by atomic mass is 9.74. The van der Waals surface area contributed by atoms with Gasteiger partial charge in [-0.2, -0.15) is 0 Å². The Kier molecular flexibility index (Phi) is 11.7. The number of piperidine rings is 2. The van der Waals surface area contributed by atoms with Crippen molar-refractivity contribution in [3.8, 4) is 0 Å². The number of likely N-dealkylation sites (tertiary alicyclic amines) is 2. The van der Waals surface area contributed by atoms with Crippen molar-refractivity contribution in [3.05, 3.63) is 0 Å². The molecule has 0 spiro atoms. The van der Waals surface area contributed by atoms with Gasteiger partial charge in [-0.1, -0.05) is 25.7 Å². The summed E-state index contributed by atoms with van der Waals surface area (Å²) in [5.74, 6) is 0.738. The molecule has 0 radical (unpaired) electrons. The molecule has 2 rings (SSSR count). The van der Waals surface area contributed by atoms with E-state index in [0.29, 0.717) is 37.9 Å². The normalized spacial score (nSPS) is 23.7. The Balaban J connectivity index is 1.49. The highest BCUT2D eigenvalue weighted by Gasteiger charge is 2.44. The summed E-state index contributed by atoms with van der Waals surface area (Å²) in [4.78, 5) is 29.4. The molecule has 6 nitrogen and oxygen atoms in total. The Morgan fingerprint density at radius 2 is 0.816 bits per heavy atom. The summed E-state index contributed by atoms with van der Waals surface area (Å²) in [7, 11) is 4.40. The molecule has 0 aromatic carbocycles. The molecule has 0 aliphatic carbocycles. The van der Waals surface area contributed by atoms with Gasteiger partial charge in [-0.3, -0.25) is 19.4 Å². The van der Waals surface area contributed by atoms with Crippen molar-refractivity contribution in [3.63, 3.8) is 0 Å². The van der Waals surface area contributed by atoms with Crippen molar-refractivity contribution in [2.75, 3.05) is 27.3 Å². The van der Waals surface area contributed by atoms with Crippen LogP contribution in [-0.4, -0.2) is 71.2 Å². The van der Waals surface area contributed by atoms with Crippen LogP contribution in [-0.2, 0) is 19.1 Å². The van der Waals surface area contributed by atoms with Gasteiger partial charge in [-0.05, 0) is 120 Å².